The van der Waals surface area contributed by atoms with E-state index in [1.54, 1.807) is 7.11 Å². The van der Waals surface area contributed by atoms with Gasteiger partial charge in [0.05, 0.1) is 7.11 Å². The number of hydrogen-bond acceptors (Lipinski definition) is 2. The van der Waals surface area contributed by atoms with Crippen LogP contribution in [0, 0.1) is 0 Å². The molecule has 122 valence electrons. The molecule has 2 aromatic carbocycles. The highest BCUT2D eigenvalue weighted by molar-refractivity contribution is 6.16. The van der Waals surface area contributed by atoms with Crippen molar-refractivity contribution in [2.24, 2.45) is 0 Å². The minimum atomic E-state index is 0.0573. The average molecular weight is 319 g/mol. The minimum absolute atomic E-state index is 0.0573. The number of ether oxygens (including phenoxy) is 1. The van der Waals surface area contributed by atoms with Crippen LogP contribution in [-0.2, 0) is 0 Å². The van der Waals surface area contributed by atoms with Gasteiger partial charge in [-0.25, -0.2) is 0 Å². The molecule has 0 bridgehead atoms. The fourth-order valence-electron chi connectivity index (χ4n) is 3.79. The second-order valence-corrected chi connectivity index (χ2v) is 6.47. The van der Waals surface area contributed by atoms with E-state index in [0.29, 0.717) is 17.4 Å². The Morgan fingerprint density at radius 3 is 2.67 bits per heavy atom. The number of rotatable bonds is 4. The highest BCUT2D eigenvalue weighted by Crippen LogP contribution is 2.35. The summed E-state index contributed by atoms with van der Waals surface area (Å²) in [6.45, 7) is 0. The van der Waals surface area contributed by atoms with Crippen molar-refractivity contribution in [3.05, 3.63) is 65.9 Å². The van der Waals surface area contributed by atoms with Crippen molar-refractivity contribution in [3.8, 4) is 5.75 Å². The largest absolute Gasteiger partial charge is 0.497 e. The smallest absolute Gasteiger partial charge is 0.195 e. The average Bonchev–Trinajstić information content (AvgIpc) is 3.28. The Labute approximate surface area is 141 Å². The molecule has 3 heteroatoms. The number of carbonyl (C=O) groups is 1. The lowest BCUT2D eigenvalue weighted by molar-refractivity contribution is 0.103. The summed E-state index contributed by atoms with van der Waals surface area (Å²) < 4.78 is 7.57. The molecule has 0 atom stereocenters. The number of ketones is 1. The lowest BCUT2D eigenvalue weighted by Crippen LogP contribution is -2.04. The Balaban J connectivity index is 1.82. The van der Waals surface area contributed by atoms with Gasteiger partial charge in [-0.15, -0.1) is 0 Å². The number of nitrogens with zero attached hydrogens (tertiary/aromatic N) is 1. The second kappa shape index (κ2) is 6.16. The Morgan fingerprint density at radius 2 is 1.88 bits per heavy atom. The number of methoxy groups -OCH3 is 1. The fraction of sp³-hybridized carbons (Fsp3) is 0.286. The molecule has 0 amide bonds. The van der Waals surface area contributed by atoms with Crippen LogP contribution in [0.1, 0.15) is 47.6 Å². The summed E-state index contributed by atoms with van der Waals surface area (Å²) in [5.74, 6) is 0.766. The van der Waals surface area contributed by atoms with Crippen LogP contribution in [0.4, 0.5) is 0 Å². The number of fused-ring (bicyclic) bond motifs is 1. The predicted molar refractivity (Wildman–Crippen MR) is 95.9 cm³/mol. The Morgan fingerprint density at radius 1 is 1.08 bits per heavy atom. The van der Waals surface area contributed by atoms with Crippen molar-refractivity contribution in [1.29, 1.82) is 0 Å². The quantitative estimate of drug-likeness (QED) is 0.634. The van der Waals surface area contributed by atoms with Gasteiger partial charge in [0.25, 0.3) is 0 Å². The van der Waals surface area contributed by atoms with Crippen LogP contribution in [-0.4, -0.2) is 17.5 Å². The maximum absolute atomic E-state index is 13.1. The van der Waals surface area contributed by atoms with Gasteiger partial charge in [0.15, 0.2) is 5.78 Å². The SMILES string of the molecule is COc1cccc(C(=O)c2cn(C3CCCC3)c3ccccc23)c1. The summed E-state index contributed by atoms with van der Waals surface area (Å²) in [6.07, 6.45) is 7.01. The van der Waals surface area contributed by atoms with Crippen molar-refractivity contribution in [2.75, 3.05) is 7.11 Å². The van der Waals surface area contributed by atoms with Crippen LogP contribution in [0.3, 0.4) is 0 Å². The van der Waals surface area contributed by atoms with Gasteiger partial charge >= 0.3 is 0 Å². The molecule has 1 aromatic heterocycles. The molecule has 1 fully saturated rings. The van der Waals surface area contributed by atoms with Gasteiger partial charge in [-0.1, -0.05) is 43.2 Å². The van der Waals surface area contributed by atoms with Gasteiger partial charge in [0.2, 0.25) is 0 Å². The number of aromatic nitrogens is 1. The third kappa shape index (κ3) is 2.50. The maximum atomic E-state index is 13.1. The lowest BCUT2D eigenvalue weighted by Gasteiger charge is -2.12. The number of carbonyl (C=O) groups excluding carboxylic acids is 1. The first-order chi connectivity index (χ1) is 11.8. The van der Waals surface area contributed by atoms with Crippen molar-refractivity contribution in [1.82, 2.24) is 4.57 Å². The molecule has 1 aliphatic rings. The molecule has 0 unspecified atom stereocenters. The van der Waals surface area contributed by atoms with E-state index in [4.69, 9.17) is 4.74 Å². The number of hydrogen-bond donors (Lipinski definition) is 0. The van der Waals surface area contributed by atoms with Gasteiger partial charge in [0, 0.05) is 34.3 Å². The van der Waals surface area contributed by atoms with Crippen molar-refractivity contribution < 1.29 is 9.53 Å². The Bertz CT molecular complexity index is 888. The Hall–Kier alpha value is -2.55. The molecule has 1 aliphatic carbocycles. The van der Waals surface area contributed by atoms with E-state index in [1.165, 1.54) is 25.7 Å². The molecule has 0 saturated heterocycles. The van der Waals surface area contributed by atoms with Gasteiger partial charge in [-0.05, 0) is 31.0 Å². The first-order valence-electron chi connectivity index (χ1n) is 8.56. The topological polar surface area (TPSA) is 31.2 Å². The van der Waals surface area contributed by atoms with Crippen LogP contribution in [0.2, 0.25) is 0 Å². The van der Waals surface area contributed by atoms with E-state index in [-0.39, 0.29) is 5.78 Å². The summed E-state index contributed by atoms with van der Waals surface area (Å²) in [4.78, 5) is 13.1. The summed E-state index contributed by atoms with van der Waals surface area (Å²) in [7, 11) is 1.62. The van der Waals surface area contributed by atoms with Gasteiger partial charge in [-0.3, -0.25) is 4.79 Å². The van der Waals surface area contributed by atoms with Crippen LogP contribution in [0.15, 0.2) is 54.7 Å². The monoisotopic (exact) mass is 319 g/mol. The van der Waals surface area contributed by atoms with Crippen LogP contribution >= 0.6 is 0 Å². The molecule has 0 radical (unpaired) electrons. The zero-order chi connectivity index (χ0) is 16.5. The Kier molecular flexibility index (Phi) is 3.85. The van der Waals surface area contributed by atoms with Crippen molar-refractivity contribution in [3.63, 3.8) is 0 Å². The van der Waals surface area contributed by atoms with Crippen molar-refractivity contribution >= 4 is 16.7 Å². The van der Waals surface area contributed by atoms with Crippen LogP contribution < -0.4 is 4.74 Å². The van der Waals surface area contributed by atoms with Crippen LogP contribution in [0.5, 0.6) is 5.75 Å². The normalized spacial score (nSPS) is 15.0. The molecule has 0 spiro atoms. The van der Waals surface area contributed by atoms with E-state index in [1.807, 2.05) is 42.5 Å². The zero-order valence-corrected chi connectivity index (χ0v) is 13.9. The first kappa shape index (κ1) is 15.0. The molecule has 3 aromatic rings. The summed E-state index contributed by atoms with van der Waals surface area (Å²) in [5, 5.41) is 1.04. The highest BCUT2D eigenvalue weighted by Gasteiger charge is 2.22. The highest BCUT2D eigenvalue weighted by atomic mass is 16.5. The molecule has 4 rings (SSSR count). The van der Waals surface area contributed by atoms with Gasteiger partial charge < -0.3 is 9.30 Å². The van der Waals surface area contributed by atoms with E-state index >= 15 is 0 Å². The van der Waals surface area contributed by atoms with E-state index < -0.39 is 0 Å². The first-order valence-corrected chi connectivity index (χ1v) is 8.56. The summed E-state index contributed by atoms with van der Waals surface area (Å²) in [6, 6.07) is 16.1. The molecule has 0 N–H and O–H groups in total. The molecular formula is C21H21NO2. The van der Waals surface area contributed by atoms with E-state index in [9.17, 15) is 4.79 Å². The molecule has 24 heavy (non-hydrogen) atoms. The van der Waals surface area contributed by atoms with E-state index in [2.05, 4.69) is 16.8 Å². The molecule has 3 nitrogen and oxygen atoms in total. The number of benzene rings is 2. The minimum Gasteiger partial charge on any atom is -0.497 e. The standard InChI is InChI=1S/C21H21NO2/c1-24-17-10-6-7-15(13-17)21(23)19-14-22(16-8-2-3-9-16)20-12-5-4-11-18(19)20/h4-7,10-14,16H,2-3,8-9H2,1H3. The van der Waals surface area contributed by atoms with Crippen molar-refractivity contribution in [2.45, 2.75) is 31.7 Å². The zero-order valence-electron chi connectivity index (χ0n) is 13.9. The summed E-state index contributed by atoms with van der Waals surface area (Å²) in [5.41, 5.74) is 2.62. The maximum Gasteiger partial charge on any atom is 0.195 e. The van der Waals surface area contributed by atoms with Crippen LogP contribution in [0.25, 0.3) is 10.9 Å². The molecule has 1 saturated carbocycles. The summed E-state index contributed by atoms with van der Waals surface area (Å²) >= 11 is 0. The van der Waals surface area contributed by atoms with E-state index in [0.717, 1.165) is 16.5 Å². The van der Waals surface area contributed by atoms with Gasteiger partial charge in [-0.2, -0.15) is 0 Å². The predicted octanol–water partition coefficient (Wildman–Crippen LogP) is 5.00. The fourth-order valence-corrected chi connectivity index (χ4v) is 3.79. The molecule has 0 aliphatic heterocycles. The third-order valence-corrected chi connectivity index (χ3v) is 5.04. The molecular weight excluding hydrogens is 298 g/mol. The lowest BCUT2D eigenvalue weighted by atomic mass is 10.0. The number of para-hydroxylation sites is 1. The molecule has 1 heterocycles. The van der Waals surface area contributed by atoms with Gasteiger partial charge in [0.1, 0.15) is 5.75 Å². The second-order valence-electron chi connectivity index (χ2n) is 6.47. The third-order valence-electron chi connectivity index (χ3n) is 5.04.